The van der Waals surface area contributed by atoms with Crippen molar-refractivity contribution in [2.75, 3.05) is 23.4 Å². The molecule has 3 aromatic rings. The van der Waals surface area contributed by atoms with Gasteiger partial charge in [0.25, 0.3) is 0 Å². The van der Waals surface area contributed by atoms with Crippen LogP contribution in [0.1, 0.15) is 90.2 Å². The zero-order valence-electron chi connectivity index (χ0n) is 24.5. The van der Waals surface area contributed by atoms with Crippen LogP contribution in [0.15, 0.2) is 36.4 Å². The molecule has 0 unspecified atom stereocenters. The number of hydrogen-bond acceptors (Lipinski definition) is 5. The Bertz CT molecular complexity index is 1160. The third-order valence-corrected chi connectivity index (χ3v) is 7.09. The maximum Gasteiger partial charge on any atom is 0.102 e. The van der Waals surface area contributed by atoms with E-state index >= 15 is 0 Å². The fraction of sp³-hybridized carbons (Fsp3) is 0.531. The van der Waals surface area contributed by atoms with Crippen molar-refractivity contribution >= 4 is 34.9 Å². The number of piperidine rings is 1. The number of nitrogens with one attached hydrogen (secondary N) is 1. The summed E-state index contributed by atoms with van der Waals surface area (Å²) >= 11 is 4.08. The molecule has 1 aliphatic heterocycles. The van der Waals surface area contributed by atoms with Gasteiger partial charge in [-0.05, 0) is 80.5 Å². The number of nitriles is 1. The van der Waals surface area contributed by atoms with Crippen molar-refractivity contribution in [1.82, 2.24) is 4.57 Å². The Morgan fingerprint density at radius 3 is 1.97 bits per heavy atom. The van der Waals surface area contributed by atoms with Crippen LogP contribution in [-0.4, -0.2) is 22.9 Å². The first-order valence-corrected chi connectivity index (χ1v) is 15.1. The lowest BCUT2D eigenvalue weighted by molar-refractivity contribution is 0.578. The zero-order chi connectivity index (χ0) is 28.1. The lowest BCUT2D eigenvalue weighted by atomic mass is 10.0. The van der Waals surface area contributed by atoms with E-state index in [-0.39, 0.29) is 0 Å². The summed E-state index contributed by atoms with van der Waals surface area (Å²) in [7, 11) is 2.04. The summed E-state index contributed by atoms with van der Waals surface area (Å²) in [4.78, 5) is 2.45. The zero-order valence-corrected chi connectivity index (χ0v) is 25.4. The fourth-order valence-corrected chi connectivity index (χ4v) is 4.42. The van der Waals surface area contributed by atoms with Gasteiger partial charge in [-0.25, -0.2) is 0 Å². The summed E-state index contributed by atoms with van der Waals surface area (Å²) in [6.07, 6.45) is 11.0. The molecule has 1 aromatic heterocycles. The number of rotatable bonds is 3. The quantitative estimate of drug-likeness (QED) is 0.178. The van der Waals surface area contributed by atoms with E-state index in [9.17, 15) is 5.26 Å². The first-order valence-electron chi connectivity index (χ1n) is 14.6. The first kappa shape index (κ1) is 31.6. The third-order valence-electron chi connectivity index (χ3n) is 6.57. The fourth-order valence-electron chi connectivity index (χ4n) is 4.27. The molecule has 6 rings (SSSR count). The molecule has 2 aliphatic carbocycles. The second kappa shape index (κ2) is 16.4. The van der Waals surface area contributed by atoms with E-state index < -0.39 is 0 Å². The van der Waals surface area contributed by atoms with Crippen LogP contribution in [0, 0.1) is 18.3 Å². The molecule has 2 aromatic carbocycles. The molecule has 3 fully saturated rings. The van der Waals surface area contributed by atoms with E-state index in [2.05, 4.69) is 57.9 Å². The molecule has 0 atom stereocenters. The van der Waals surface area contributed by atoms with Gasteiger partial charge in [-0.3, -0.25) is 5.84 Å². The summed E-state index contributed by atoms with van der Waals surface area (Å²) in [5.74, 6) is 5.56. The summed E-state index contributed by atoms with van der Waals surface area (Å²) in [6.45, 7) is 12.2. The van der Waals surface area contributed by atoms with E-state index in [0.717, 1.165) is 57.3 Å². The molecular formula is C32H49N5S. The topological polar surface area (TPSA) is 70.0 Å². The van der Waals surface area contributed by atoms with Gasteiger partial charge in [-0.2, -0.15) is 17.9 Å². The van der Waals surface area contributed by atoms with Gasteiger partial charge in [-0.1, -0.05) is 53.0 Å². The standard InChI is InChI=1S/C22H25N5.C3H6S.C3H6.2C2H6/c1-15-12-16(6-9-20(15)25-24)22-19(14-23)18-8-7-17(13-21(18)26(22)2)27-10-4-3-5-11-27;4-3-1-2-3;1-2-3-1;2*1-2/h6-9,12-13,25H,3-5,10-11,24H2,1-2H3;3-4H,1-2H2;1-3H2;2*1-2H3. The molecule has 2 saturated carbocycles. The number of nitrogen functional groups attached to an aromatic ring is 1. The summed E-state index contributed by atoms with van der Waals surface area (Å²) in [5, 5.41) is 11.7. The van der Waals surface area contributed by atoms with Gasteiger partial charge in [0, 0.05) is 36.5 Å². The summed E-state index contributed by atoms with van der Waals surface area (Å²) in [5.41, 5.74) is 9.71. The minimum absolute atomic E-state index is 0.727. The molecule has 0 bridgehead atoms. The van der Waals surface area contributed by atoms with Crippen molar-refractivity contribution in [3.05, 3.63) is 47.5 Å². The van der Waals surface area contributed by atoms with E-state index in [1.165, 1.54) is 57.1 Å². The van der Waals surface area contributed by atoms with Crippen molar-refractivity contribution in [3.63, 3.8) is 0 Å². The van der Waals surface area contributed by atoms with Gasteiger partial charge < -0.3 is 14.9 Å². The highest BCUT2D eigenvalue weighted by molar-refractivity contribution is 7.81. The Morgan fingerprint density at radius 2 is 1.50 bits per heavy atom. The molecular weight excluding hydrogens is 486 g/mol. The van der Waals surface area contributed by atoms with Crippen LogP contribution >= 0.6 is 12.6 Å². The minimum atomic E-state index is 0.727. The molecule has 1 saturated heterocycles. The van der Waals surface area contributed by atoms with Crippen LogP contribution in [0.25, 0.3) is 22.2 Å². The van der Waals surface area contributed by atoms with Crippen molar-refractivity contribution in [2.45, 2.75) is 91.2 Å². The number of fused-ring (bicyclic) bond motifs is 1. The molecule has 5 nitrogen and oxygen atoms in total. The Balaban J connectivity index is 0.000000388. The van der Waals surface area contributed by atoms with Gasteiger partial charge >= 0.3 is 0 Å². The molecule has 6 heteroatoms. The largest absolute Gasteiger partial charge is 0.371 e. The normalized spacial score (nSPS) is 15.2. The Labute approximate surface area is 236 Å². The minimum Gasteiger partial charge on any atom is -0.371 e. The van der Waals surface area contributed by atoms with Crippen molar-refractivity contribution in [2.24, 2.45) is 12.9 Å². The SMILES string of the molecule is C1CC1.CC.CC.Cc1cc(-c2c(C#N)c3ccc(N4CCCCC4)cc3n2C)ccc1NN.SC1CC1. The van der Waals surface area contributed by atoms with Crippen molar-refractivity contribution in [3.8, 4) is 17.3 Å². The van der Waals surface area contributed by atoms with Gasteiger partial charge in [-0.15, -0.1) is 0 Å². The molecule has 208 valence electrons. The second-order valence-corrected chi connectivity index (χ2v) is 10.3. The van der Waals surface area contributed by atoms with Crippen LogP contribution < -0.4 is 16.2 Å². The number of nitrogens with two attached hydrogens (primary N) is 1. The number of anilines is 2. The number of benzene rings is 2. The molecule has 0 spiro atoms. The maximum absolute atomic E-state index is 9.87. The van der Waals surface area contributed by atoms with Crippen LogP contribution in [0.4, 0.5) is 11.4 Å². The molecule has 38 heavy (non-hydrogen) atoms. The van der Waals surface area contributed by atoms with Gasteiger partial charge in [0.1, 0.15) is 6.07 Å². The summed E-state index contributed by atoms with van der Waals surface area (Å²) in [6, 6.07) is 15.0. The van der Waals surface area contributed by atoms with Gasteiger partial charge in [0.15, 0.2) is 0 Å². The highest BCUT2D eigenvalue weighted by Gasteiger charge is 2.19. The number of nitrogens with zero attached hydrogens (tertiary/aromatic N) is 3. The van der Waals surface area contributed by atoms with E-state index in [1.54, 1.807) is 0 Å². The van der Waals surface area contributed by atoms with Crippen LogP contribution in [0.5, 0.6) is 0 Å². The first-order chi connectivity index (χ1) is 18.5. The molecule has 2 heterocycles. The van der Waals surface area contributed by atoms with E-state index in [4.69, 9.17) is 5.84 Å². The van der Waals surface area contributed by atoms with Crippen LogP contribution in [0.3, 0.4) is 0 Å². The highest BCUT2D eigenvalue weighted by Crippen LogP contribution is 2.36. The van der Waals surface area contributed by atoms with E-state index in [0.29, 0.717) is 0 Å². The molecule has 0 amide bonds. The van der Waals surface area contributed by atoms with Crippen LogP contribution in [0.2, 0.25) is 0 Å². The van der Waals surface area contributed by atoms with Crippen molar-refractivity contribution < 1.29 is 0 Å². The number of thiol groups is 1. The van der Waals surface area contributed by atoms with Gasteiger partial charge in [0.05, 0.1) is 22.5 Å². The van der Waals surface area contributed by atoms with E-state index in [1.807, 2.05) is 53.8 Å². The smallest absolute Gasteiger partial charge is 0.102 e. The predicted octanol–water partition coefficient (Wildman–Crippen LogP) is 8.60. The monoisotopic (exact) mass is 535 g/mol. The summed E-state index contributed by atoms with van der Waals surface area (Å²) < 4.78 is 2.14. The maximum atomic E-state index is 9.87. The Kier molecular flexibility index (Phi) is 13.6. The Hall–Kier alpha value is -2.62. The molecule has 3 aliphatic rings. The number of aromatic nitrogens is 1. The molecule has 0 radical (unpaired) electrons. The lowest BCUT2D eigenvalue weighted by Crippen LogP contribution is -2.29. The Morgan fingerprint density at radius 1 is 0.921 bits per heavy atom. The lowest BCUT2D eigenvalue weighted by Gasteiger charge is -2.28. The molecule has 3 N–H and O–H groups in total. The predicted molar refractivity (Wildman–Crippen MR) is 170 cm³/mol. The van der Waals surface area contributed by atoms with Crippen molar-refractivity contribution in [1.29, 1.82) is 5.26 Å². The van der Waals surface area contributed by atoms with Crippen LogP contribution in [-0.2, 0) is 7.05 Å². The second-order valence-electron chi connectivity index (χ2n) is 9.61. The number of aryl methyl sites for hydroxylation is 2. The highest BCUT2D eigenvalue weighted by atomic mass is 32.1. The third kappa shape index (κ3) is 8.71. The average Bonchev–Trinajstić information content (AvgIpc) is 3.92. The van der Waals surface area contributed by atoms with Gasteiger partial charge in [0.2, 0.25) is 0 Å². The average molecular weight is 536 g/mol. The number of hydrazine groups is 1. The number of hydrogen-bond donors (Lipinski definition) is 3.